The number of para-hydroxylation sites is 2. The number of amides is 1. The van der Waals surface area contributed by atoms with Gasteiger partial charge in [-0.15, -0.1) is 0 Å². The maximum Gasteiger partial charge on any atom is 0.314 e. The van der Waals surface area contributed by atoms with Crippen LogP contribution in [0.2, 0.25) is 5.02 Å². The second kappa shape index (κ2) is 9.59. The number of carboxylic acids is 1. The Bertz CT molecular complexity index is 1390. The van der Waals surface area contributed by atoms with Crippen LogP contribution in [0.4, 0.5) is 15.8 Å². The zero-order chi connectivity index (χ0) is 26.3. The summed E-state index contributed by atoms with van der Waals surface area (Å²) in [6, 6.07) is 15.0. The fourth-order valence-corrected chi connectivity index (χ4v) is 4.96. The Kier molecular flexibility index (Phi) is 6.45. The van der Waals surface area contributed by atoms with Gasteiger partial charge in [0, 0.05) is 23.3 Å². The molecule has 0 unspecified atom stereocenters. The predicted molar refractivity (Wildman–Crippen MR) is 139 cm³/mol. The van der Waals surface area contributed by atoms with Crippen LogP contribution in [0.1, 0.15) is 34.3 Å². The second-order valence-corrected chi connectivity index (χ2v) is 9.94. The molecule has 1 amide bonds. The van der Waals surface area contributed by atoms with Gasteiger partial charge in [0.15, 0.2) is 11.6 Å². The number of carbonyl (C=O) groups is 2. The first-order valence-corrected chi connectivity index (χ1v) is 12.3. The van der Waals surface area contributed by atoms with Gasteiger partial charge in [-0.2, -0.15) is 0 Å². The number of fused-ring (bicyclic) bond motifs is 1. The predicted octanol–water partition coefficient (Wildman–Crippen LogP) is 5.43. The molecule has 5 rings (SSSR count). The van der Waals surface area contributed by atoms with Crippen molar-refractivity contribution >= 4 is 34.9 Å². The molecule has 3 aromatic rings. The Morgan fingerprint density at radius 2 is 1.97 bits per heavy atom. The lowest BCUT2D eigenvalue weighted by Crippen LogP contribution is -2.41. The van der Waals surface area contributed by atoms with Gasteiger partial charge >= 0.3 is 5.97 Å². The highest BCUT2D eigenvalue weighted by molar-refractivity contribution is 6.32. The van der Waals surface area contributed by atoms with Crippen LogP contribution in [0, 0.1) is 12.7 Å². The summed E-state index contributed by atoms with van der Waals surface area (Å²) in [5, 5.41) is 12.7. The van der Waals surface area contributed by atoms with E-state index in [1.54, 1.807) is 25.1 Å². The summed E-state index contributed by atoms with van der Waals surface area (Å²) < 4.78 is 26.7. The zero-order valence-corrected chi connectivity index (χ0v) is 21.1. The minimum absolute atomic E-state index is 0.0325. The van der Waals surface area contributed by atoms with Crippen LogP contribution in [0.5, 0.6) is 11.5 Å². The molecule has 2 aliphatic rings. The highest BCUT2D eigenvalue weighted by Crippen LogP contribution is 2.51. The van der Waals surface area contributed by atoms with Crippen LogP contribution < -0.4 is 19.7 Å². The largest absolute Gasteiger partial charge is 0.487 e. The fraction of sp³-hybridized carbons (Fsp3) is 0.286. The monoisotopic (exact) mass is 524 g/mol. The van der Waals surface area contributed by atoms with E-state index in [1.165, 1.54) is 6.07 Å². The molecular weight excluding hydrogens is 499 g/mol. The summed E-state index contributed by atoms with van der Waals surface area (Å²) in [5.41, 5.74) is 1.49. The average molecular weight is 525 g/mol. The van der Waals surface area contributed by atoms with Crippen LogP contribution in [0.25, 0.3) is 0 Å². The third-order valence-electron chi connectivity index (χ3n) is 6.90. The molecule has 1 fully saturated rings. The summed E-state index contributed by atoms with van der Waals surface area (Å²) in [6.45, 7) is 2.42. The summed E-state index contributed by atoms with van der Waals surface area (Å²) in [4.78, 5) is 26.7. The van der Waals surface area contributed by atoms with Crippen molar-refractivity contribution in [1.82, 2.24) is 0 Å². The SMILES string of the molecule is Cc1cc(OC[C@@H]2CN(C)c3ccccc3O2)c(F)cc1C(=O)Nc1ccc(Cl)c(C2(C(=O)O)CC2)c1. The number of rotatable bonds is 7. The van der Waals surface area contributed by atoms with E-state index >= 15 is 0 Å². The first-order valence-electron chi connectivity index (χ1n) is 11.9. The maximum absolute atomic E-state index is 14.9. The molecule has 1 aliphatic heterocycles. The standard InChI is InChI=1S/C28H26ClFN2O5/c1-16-11-25(36-15-18-14-32(2)23-5-3-4-6-24(23)37-18)22(30)13-19(16)26(33)31-17-7-8-21(29)20(12-17)28(9-10-28)27(34)35/h3-8,11-13,18H,9-10,14-15H2,1-2H3,(H,31,33)(H,34,35)/t18-/m0/s1. The van der Waals surface area contributed by atoms with E-state index in [4.69, 9.17) is 21.1 Å². The van der Waals surface area contributed by atoms with Crippen molar-refractivity contribution < 1.29 is 28.6 Å². The molecule has 0 saturated heterocycles. The molecule has 0 aromatic heterocycles. The van der Waals surface area contributed by atoms with Crippen LogP contribution >= 0.6 is 11.6 Å². The normalized spacial score (nSPS) is 17.4. The van der Waals surface area contributed by atoms with E-state index in [1.807, 2.05) is 31.3 Å². The Morgan fingerprint density at radius 3 is 2.70 bits per heavy atom. The van der Waals surface area contributed by atoms with Crippen molar-refractivity contribution in [3.8, 4) is 11.5 Å². The van der Waals surface area contributed by atoms with Gasteiger partial charge in [0.05, 0.1) is 17.6 Å². The molecule has 1 aliphatic carbocycles. The molecule has 1 saturated carbocycles. The van der Waals surface area contributed by atoms with Crippen LogP contribution in [-0.2, 0) is 10.2 Å². The van der Waals surface area contributed by atoms with Gasteiger partial charge in [-0.1, -0.05) is 23.7 Å². The molecule has 2 N–H and O–H groups in total. The quantitative estimate of drug-likeness (QED) is 0.428. The molecule has 0 radical (unpaired) electrons. The van der Waals surface area contributed by atoms with Gasteiger partial charge in [-0.3, -0.25) is 9.59 Å². The molecule has 0 spiro atoms. The molecule has 9 heteroatoms. The number of nitrogens with one attached hydrogen (secondary N) is 1. The molecule has 3 aromatic carbocycles. The molecule has 37 heavy (non-hydrogen) atoms. The Morgan fingerprint density at radius 1 is 1.22 bits per heavy atom. The van der Waals surface area contributed by atoms with Gasteiger partial charge in [0.1, 0.15) is 18.5 Å². The van der Waals surface area contributed by atoms with E-state index in [0.717, 1.165) is 17.5 Å². The lowest BCUT2D eigenvalue weighted by molar-refractivity contribution is -0.140. The van der Waals surface area contributed by atoms with Crippen LogP contribution in [0.3, 0.4) is 0 Å². The minimum Gasteiger partial charge on any atom is -0.487 e. The van der Waals surface area contributed by atoms with E-state index in [2.05, 4.69) is 10.2 Å². The van der Waals surface area contributed by atoms with Crippen LogP contribution in [-0.4, -0.2) is 43.3 Å². The number of carboxylic acid groups (broad SMARTS) is 1. The van der Waals surface area contributed by atoms with Crippen molar-refractivity contribution in [2.45, 2.75) is 31.3 Å². The van der Waals surface area contributed by atoms with Crippen molar-refractivity contribution in [3.63, 3.8) is 0 Å². The summed E-state index contributed by atoms with van der Waals surface area (Å²) >= 11 is 6.25. The number of nitrogens with zero attached hydrogens (tertiary/aromatic N) is 1. The van der Waals surface area contributed by atoms with E-state index < -0.39 is 23.1 Å². The summed E-state index contributed by atoms with van der Waals surface area (Å²) in [6.07, 6.45) is 0.682. The molecule has 1 heterocycles. The topological polar surface area (TPSA) is 88.1 Å². The van der Waals surface area contributed by atoms with Crippen molar-refractivity contribution in [1.29, 1.82) is 0 Å². The van der Waals surface area contributed by atoms with Gasteiger partial charge in [-0.05, 0) is 73.4 Å². The molecular formula is C28H26ClFN2O5. The zero-order valence-electron chi connectivity index (χ0n) is 20.4. The van der Waals surface area contributed by atoms with Gasteiger partial charge < -0.3 is 24.8 Å². The molecule has 192 valence electrons. The molecule has 0 bridgehead atoms. The number of hydrogen-bond acceptors (Lipinski definition) is 5. The number of hydrogen-bond donors (Lipinski definition) is 2. The highest BCUT2D eigenvalue weighted by Gasteiger charge is 2.53. The second-order valence-electron chi connectivity index (χ2n) is 9.53. The average Bonchev–Trinajstić information content (AvgIpc) is 3.68. The number of carbonyl (C=O) groups excluding carboxylic acids is 1. The van der Waals surface area contributed by atoms with E-state index in [0.29, 0.717) is 41.2 Å². The fourth-order valence-electron chi connectivity index (χ4n) is 4.66. The number of benzene rings is 3. The Labute approximate surface area is 218 Å². The number of aliphatic carboxylic acids is 1. The van der Waals surface area contributed by atoms with Gasteiger partial charge in [-0.25, -0.2) is 4.39 Å². The maximum atomic E-state index is 14.9. The van der Waals surface area contributed by atoms with E-state index in [-0.39, 0.29) is 24.0 Å². The summed E-state index contributed by atoms with van der Waals surface area (Å²) in [5.74, 6) is -1.36. The minimum atomic E-state index is -1.02. The number of halogens is 2. The van der Waals surface area contributed by atoms with Crippen molar-refractivity contribution in [2.24, 2.45) is 0 Å². The lowest BCUT2D eigenvalue weighted by atomic mass is 9.95. The van der Waals surface area contributed by atoms with E-state index in [9.17, 15) is 19.1 Å². The lowest BCUT2D eigenvalue weighted by Gasteiger charge is -2.33. The first kappa shape index (κ1) is 24.9. The van der Waals surface area contributed by atoms with Crippen molar-refractivity contribution in [2.75, 3.05) is 30.4 Å². The number of ether oxygens (including phenoxy) is 2. The third kappa shape index (κ3) is 4.81. The van der Waals surface area contributed by atoms with Gasteiger partial charge in [0.25, 0.3) is 5.91 Å². The molecule has 7 nitrogen and oxygen atoms in total. The number of likely N-dealkylation sites (N-methyl/N-ethyl adjacent to an activating group) is 1. The van der Waals surface area contributed by atoms with Gasteiger partial charge in [0.2, 0.25) is 0 Å². The first-order chi connectivity index (χ1) is 17.7. The number of aryl methyl sites for hydroxylation is 1. The summed E-state index contributed by atoms with van der Waals surface area (Å²) in [7, 11) is 1.96. The Balaban J connectivity index is 1.27. The third-order valence-corrected chi connectivity index (χ3v) is 7.22. The van der Waals surface area contributed by atoms with Crippen molar-refractivity contribution in [3.05, 3.63) is 82.1 Å². The highest BCUT2D eigenvalue weighted by atomic mass is 35.5. The smallest absolute Gasteiger partial charge is 0.314 e. The Hall–Kier alpha value is -3.78. The number of anilines is 2. The molecule has 1 atom stereocenters. The van der Waals surface area contributed by atoms with Crippen LogP contribution in [0.15, 0.2) is 54.6 Å².